The molecular formula is C18H17ClS. The molecule has 1 aromatic heterocycles. The maximum absolute atomic E-state index is 6.68. The topological polar surface area (TPSA) is 0 Å². The van der Waals surface area contributed by atoms with Crippen LogP contribution in [0.3, 0.4) is 0 Å². The minimum absolute atomic E-state index is 0.0655. The van der Waals surface area contributed by atoms with Gasteiger partial charge in [-0.25, -0.2) is 0 Å². The first-order valence-electron chi connectivity index (χ1n) is 6.96. The van der Waals surface area contributed by atoms with Crippen LogP contribution in [-0.4, -0.2) is 0 Å². The molecule has 102 valence electrons. The van der Waals surface area contributed by atoms with E-state index in [1.54, 1.807) is 11.3 Å². The molecule has 0 amide bonds. The Hall–Kier alpha value is -1.31. The lowest BCUT2D eigenvalue weighted by molar-refractivity contribution is 0.926. The third-order valence-corrected chi connectivity index (χ3v) is 5.30. The average molecular weight is 301 g/mol. The summed E-state index contributed by atoms with van der Waals surface area (Å²) in [6, 6.07) is 17.2. The van der Waals surface area contributed by atoms with E-state index in [9.17, 15) is 0 Å². The average Bonchev–Trinajstić information content (AvgIpc) is 2.96. The highest BCUT2D eigenvalue weighted by atomic mass is 35.5. The molecule has 2 aromatic carbocycles. The Morgan fingerprint density at radius 1 is 1.00 bits per heavy atom. The number of aryl methyl sites for hydroxylation is 1. The molecule has 0 spiro atoms. The fraction of sp³-hybridized carbons (Fsp3) is 0.222. The summed E-state index contributed by atoms with van der Waals surface area (Å²) in [7, 11) is 0. The monoisotopic (exact) mass is 300 g/mol. The van der Waals surface area contributed by atoms with Crippen molar-refractivity contribution in [1.82, 2.24) is 0 Å². The summed E-state index contributed by atoms with van der Waals surface area (Å²) in [5, 5.41) is 4.81. The number of benzene rings is 2. The molecule has 0 radical (unpaired) electrons. The Bertz CT molecular complexity index is 709. The van der Waals surface area contributed by atoms with Gasteiger partial charge in [-0.15, -0.1) is 22.9 Å². The van der Waals surface area contributed by atoms with Gasteiger partial charge in [0.2, 0.25) is 0 Å². The van der Waals surface area contributed by atoms with Crippen LogP contribution in [0.25, 0.3) is 10.8 Å². The molecule has 20 heavy (non-hydrogen) atoms. The van der Waals surface area contributed by atoms with E-state index in [0.29, 0.717) is 0 Å². The van der Waals surface area contributed by atoms with Gasteiger partial charge in [-0.05, 0) is 46.2 Å². The summed E-state index contributed by atoms with van der Waals surface area (Å²) < 4.78 is 0. The molecular weight excluding hydrogens is 284 g/mol. The van der Waals surface area contributed by atoms with Gasteiger partial charge in [-0.1, -0.05) is 49.4 Å². The van der Waals surface area contributed by atoms with Gasteiger partial charge in [0, 0.05) is 4.88 Å². The van der Waals surface area contributed by atoms with E-state index in [1.807, 2.05) is 0 Å². The zero-order chi connectivity index (χ0) is 13.9. The SMILES string of the molecule is CCc1ccsc1C(Cl)Cc1cccc2ccccc12. The molecule has 0 bridgehead atoms. The van der Waals surface area contributed by atoms with Crippen molar-refractivity contribution < 1.29 is 0 Å². The molecule has 0 saturated carbocycles. The Morgan fingerprint density at radius 3 is 2.65 bits per heavy atom. The molecule has 3 rings (SSSR count). The van der Waals surface area contributed by atoms with Crippen molar-refractivity contribution >= 4 is 33.7 Å². The molecule has 0 fully saturated rings. The van der Waals surface area contributed by atoms with Gasteiger partial charge in [0.05, 0.1) is 5.38 Å². The zero-order valence-corrected chi connectivity index (χ0v) is 13.0. The van der Waals surface area contributed by atoms with Gasteiger partial charge in [0.25, 0.3) is 0 Å². The van der Waals surface area contributed by atoms with E-state index in [0.717, 1.165) is 12.8 Å². The quantitative estimate of drug-likeness (QED) is 0.519. The third kappa shape index (κ3) is 2.61. The first kappa shape index (κ1) is 13.7. The molecule has 0 aliphatic carbocycles. The van der Waals surface area contributed by atoms with Crippen molar-refractivity contribution in [2.45, 2.75) is 25.1 Å². The van der Waals surface area contributed by atoms with Crippen molar-refractivity contribution in [2.75, 3.05) is 0 Å². The van der Waals surface area contributed by atoms with Crippen molar-refractivity contribution in [1.29, 1.82) is 0 Å². The summed E-state index contributed by atoms with van der Waals surface area (Å²) in [6.07, 6.45) is 1.94. The summed E-state index contributed by atoms with van der Waals surface area (Å²) in [5.74, 6) is 0. The van der Waals surface area contributed by atoms with Crippen LogP contribution in [0.15, 0.2) is 53.9 Å². The lowest BCUT2D eigenvalue weighted by Gasteiger charge is -2.12. The van der Waals surface area contributed by atoms with E-state index in [-0.39, 0.29) is 5.38 Å². The van der Waals surface area contributed by atoms with Crippen LogP contribution in [0.1, 0.15) is 28.3 Å². The summed E-state index contributed by atoms with van der Waals surface area (Å²) in [5.41, 5.74) is 2.72. The first-order chi connectivity index (χ1) is 9.79. The maximum atomic E-state index is 6.68. The van der Waals surface area contributed by atoms with Crippen LogP contribution < -0.4 is 0 Å². The van der Waals surface area contributed by atoms with Gasteiger partial charge >= 0.3 is 0 Å². The summed E-state index contributed by atoms with van der Waals surface area (Å²) >= 11 is 8.45. The van der Waals surface area contributed by atoms with Crippen molar-refractivity contribution in [3.8, 4) is 0 Å². The Kier molecular flexibility index (Phi) is 4.09. The lowest BCUT2D eigenvalue weighted by Crippen LogP contribution is -1.97. The molecule has 3 aromatic rings. The Balaban J connectivity index is 1.93. The molecule has 2 heteroatoms. The second kappa shape index (κ2) is 5.99. The number of fused-ring (bicyclic) bond motifs is 1. The maximum Gasteiger partial charge on any atom is 0.0721 e. The largest absolute Gasteiger partial charge is 0.147 e. The fourth-order valence-electron chi connectivity index (χ4n) is 2.67. The smallest absolute Gasteiger partial charge is 0.0721 e. The number of thiophene rings is 1. The molecule has 0 aliphatic rings. The van der Waals surface area contributed by atoms with Crippen LogP contribution in [0.2, 0.25) is 0 Å². The summed E-state index contributed by atoms with van der Waals surface area (Å²) in [6.45, 7) is 2.19. The van der Waals surface area contributed by atoms with Crippen molar-refractivity contribution in [3.63, 3.8) is 0 Å². The predicted octanol–water partition coefficient (Wildman–Crippen LogP) is 5.99. The lowest BCUT2D eigenvalue weighted by atomic mass is 9.99. The Labute approximate surface area is 129 Å². The number of alkyl halides is 1. The number of hydrogen-bond donors (Lipinski definition) is 0. The first-order valence-corrected chi connectivity index (χ1v) is 8.28. The highest BCUT2D eigenvalue weighted by Gasteiger charge is 2.15. The minimum Gasteiger partial charge on any atom is -0.147 e. The molecule has 0 nitrogen and oxygen atoms in total. The van der Waals surface area contributed by atoms with Crippen LogP contribution in [0, 0.1) is 0 Å². The van der Waals surface area contributed by atoms with Crippen molar-refractivity contribution in [3.05, 3.63) is 69.9 Å². The van der Waals surface area contributed by atoms with E-state index in [4.69, 9.17) is 11.6 Å². The molecule has 0 N–H and O–H groups in total. The van der Waals surface area contributed by atoms with Crippen LogP contribution in [0.4, 0.5) is 0 Å². The third-order valence-electron chi connectivity index (χ3n) is 3.73. The van der Waals surface area contributed by atoms with Crippen LogP contribution >= 0.6 is 22.9 Å². The highest BCUT2D eigenvalue weighted by Crippen LogP contribution is 2.34. The van der Waals surface area contributed by atoms with Gasteiger partial charge < -0.3 is 0 Å². The fourth-order valence-corrected chi connectivity index (χ4v) is 4.10. The molecule has 1 heterocycles. The molecule has 0 aliphatic heterocycles. The second-order valence-corrected chi connectivity index (χ2v) is 6.45. The normalized spacial score (nSPS) is 12.7. The van der Waals surface area contributed by atoms with Crippen molar-refractivity contribution in [2.24, 2.45) is 0 Å². The van der Waals surface area contributed by atoms with Crippen LogP contribution in [-0.2, 0) is 12.8 Å². The molecule has 1 unspecified atom stereocenters. The second-order valence-electron chi connectivity index (χ2n) is 4.97. The number of halogens is 1. The number of rotatable bonds is 4. The molecule has 0 saturated heterocycles. The minimum atomic E-state index is 0.0655. The van der Waals surface area contributed by atoms with E-state index in [1.165, 1.54) is 26.8 Å². The van der Waals surface area contributed by atoms with Crippen LogP contribution in [0.5, 0.6) is 0 Å². The number of hydrogen-bond acceptors (Lipinski definition) is 1. The van der Waals surface area contributed by atoms with E-state index >= 15 is 0 Å². The predicted molar refractivity (Wildman–Crippen MR) is 89.9 cm³/mol. The van der Waals surface area contributed by atoms with Gasteiger partial charge in [0.15, 0.2) is 0 Å². The van der Waals surface area contributed by atoms with Gasteiger partial charge in [0.1, 0.15) is 0 Å². The highest BCUT2D eigenvalue weighted by molar-refractivity contribution is 7.10. The standard InChI is InChI=1S/C18H17ClS/c1-2-13-10-11-20-18(13)17(19)12-15-8-5-7-14-6-3-4-9-16(14)15/h3-11,17H,2,12H2,1H3. The Morgan fingerprint density at radius 2 is 1.80 bits per heavy atom. The van der Waals surface area contributed by atoms with Gasteiger partial charge in [-0.2, -0.15) is 0 Å². The van der Waals surface area contributed by atoms with Gasteiger partial charge in [-0.3, -0.25) is 0 Å². The van der Waals surface area contributed by atoms with E-state index in [2.05, 4.69) is 60.8 Å². The molecule has 1 atom stereocenters. The van der Waals surface area contributed by atoms with E-state index < -0.39 is 0 Å². The summed E-state index contributed by atoms with van der Waals surface area (Å²) in [4.78, 5) is 1.32. The zero-order valence-electron chi connectivity index (χ0n) is 11.5.